The summed E-state index contributed by atoms with van der Waals surface area (Å²) in [6.07, 6.45) is 7.46. The van der Waals surface area contributed by atoms with Crippen LogP contribution in [0.25, 0.3) is 0 Å². The van der Waals surface area contributed by atoms with E-state index in [1.54, 1.807) is 0 Å². The molecule has 1 saturated carbocycles. The van der Waals surface area contributed by atoms with E-state index in [1.807, 2.05) is 0 Å². The molecule has 1 unspecified atom stereocenters. The van der Waals surface area contributed by atoms with Crippen molar-refractivity contribution in [2.75, 3.05) is 32.7 Å². The number of likely N-dealkylation sites (N-methyl/N-ethyl adjacent to an activating group) is 1. The molecular formula is C15H29N3O. The maximum absolute atomic E-state index is 12.5. The lowest BCUT2D eigenvalue weighted by Crippen LogP contribution is -2.46. The first-order valence-corrected chi connectivity index (χ1v) is 7.96. The van der Waals surface area contributed by atoms with E-state index in [9.17, 15) is 4.79 Å². The molecule has 1 atom stereocenters. The van der Waals surface area contributed by atoms with Gasteiger partial charge in [0.05, 0.1) is 6.54 Å². The van der Waals surface area contributed by atoms with Crippen molar-refractivity contribution in [3.05, 3.63) is 0 Å². The SMILES string of the molecule is CCN(C(=O)CN1CCC(CN)C1)C1CCCCC1. The van der Waals surface area contributed by atoms with E-state index in [0.717, 1.165) is 32.6 Å². The highest BCUT2D eigenvalue weighted by Gasteiger charge is 2.28. The summed E-state index contributed by atoms with van der Waals surface area (Å²) in [7, 11) is 0. The number of carbonyl (C=O) groups excluding carboxylic acids is 1. The zero-order chi connectivity index (χ0) is 13.7. The molecule has 0 aromatic carbocycles. The Morgan fingerprint density at radius 3 is 2.58 bits per heavy atom. The van der Waals surface area contributed by atoms with Crippen LogP contribution in [-0.2, 0) is 4.79 Å². The number of carbonyl (C=O) groups is 1. The first-order valence-electron chi connectivity index (χ1n) is 7.96. The highest BCUT2D eigenvalue weighted by molar-refractivity contribution is 5.78. The van der Waals surface area contributed by atoms with Crippen LogP contribution < -0.4 is 5.73 Å². The largest absolute Gasteiger partial charge is 0.339 e. The Morgan fingerprint density at radius 2 is 2.00 bits per heavy atom. The van der Waals surface area contributed by atoms with Gasteiger partial charge in [0.25, 0.3) is 0 Å². The molecule has 0 bridgehead atoms. The molecule has 1 aliphatic heterocycles. The number of nitrogens with two attached hydrogens (primary N) is 1. The van der Waals surface area contributed by atoms with Crippen molar-refractivity contribution in [3.63, 3.8) is 0 Å². The summed E-state index contributed by atoms with van der Waals surface area (Å²) in [6, 6.07) is 0.499. The van der Waals surface area contributed by atoms with Crippen LogP contribution >= 0.6 is 0 Å². The predicted octanol–water partition coefficient (Wildman–Crippen LogP) is 1.45. The maximum atomic E-state index is 12.5. The van der Waals surface area contributed by atoms with Crippen LogP contribution in [0.15, 0.2) is 0 Å². The summed E-state index contributed by atoms with van der Waals surface area (Å²) < 4.78 is 0. The van der Waals surface area contributed by atoms with E-state index in [0.29, 0.717) is 24.4 Å². The first kappa shape index (κ1) is 14.8. The topological polar surface area (TPSA) is 49.6 Å². The van der Waals surface area contributed by atoms with Crippen LogP contribution in [0.5, 0.6) is 0 Å². The minimum absolute atomic E-state index is 0.326. The Kier molecular flexibility index (Phi) is 5.64. The van der Waals surface area contributed by atoms with Crippen LogP contribution in [0.1, 0.15) is 45.4 Å². The molecule has 110 valence electrons. The Bertz CT molecular complexity index is 289. The summed E-state index contributed by atoms with van der Waals surface area (Å²) >= 11 is 0. The molecule has 0 spiro atoms. The molecule has 2 N–H and O–H groups in total. The van der Waals surface area contributed by atoms with Gasteiger partial charge in [-0.05, 0) is 45.2 Å². The van der Waals surface area contributed by atoms with Gasteiger partial charge in [0.15, 0.2) is 0 Å². The van der Waals surface area contributed by atoms with Gasteiger partial charge < -0.3 is 10.6 Å². The molecule has 1 amide bonds. The number of rotatable bonds is 5. The Balaban J connectivity index is 1.83. The van der Waals surface area contributed by atoms with Gasteiger partial charge in [-0.15, -0.1) is 0 Å². The quantitative estimate of drug-likeness (QED) is 0.820. The summed E-state index contributed by atoms with van der Waals surface area (Å²) in [5.74, 6) is 0.921. The van der Waals surface area contributed by atoms with E-state index in [4.69, 9.17) is 5.73 Å². The van der Waals surface area contributed by atoms with Crippen LogP contribution in [0.4, 0.5) is 0 Å². The second-order valence-electron chi connectivity index (χ2n) is 6.10. The lowest BCUT2D eigenvalue weighted by molar-refractivity contribution is -0.135. The molecular weight excluding hydrogens is 238 g/mol. The van der Waals surface area contributed by atoms with Crippen LogP contribution in [-0.4, -0.2) is 54.5 Å². The third-order valence-corrected chi connectivity index (χ3v) is 4.74. The molecule has 2 fully saturated rings. The average molecular weight is 267 g/mol. The highest BCUT2D eigenvalue weighted by Crippen LogP contribution is 2.23. The molecule has 19 heavy (non-hydrogen) atoms. The average Bonchev–Trinajstić information content (AvgIpc) is 2.88. The Morgan fingerprint density at radius 1 is 1.26 bits per heavy atom. The van der Waals surface area contributed by atoms with Gasteiger partial charge in [0, 0.05) is 19.1 Å². The minimum atomic E-state index is 0.326. The smallest absolute Gasteiger partial charge is 0.236 e. The molecule has 0 aromatic rings. The van der Waals surface area contributed by atoms with Gasteiger partial charge in [0.1, 0.15) is 0 Å². The van der Waals surface area contributed by atoms with Crippen molar-refractivity contribution in [2.24, 2.45) is 11.7 Å². The summed E-state index contributed by atoms with van der Waals surface area (Å²) in [4.78, 5) is 16.9. The molecule has 2 rings (SSSR count). The van der Waals surface area contributed by atoms with Gasteiger partial charge in [-0.3, -0.25) is 9.69 Å². The third kappa shape index (κ3) is 3.93. The standard InChI is InChI=1S/C15H29N3O/c1-2-18(14-6-4-3-5-7-14)15(19)12-17-9-8-13(10-16)11-17/h13-14H,2-12,16H2,1H3. The normalized spacial score (nSPS) is 25.7. The van der Waals surface area contributed by atoms with Gasteiger partial charge in [-0.2, -0.15) is 0 Å². The highest BCUT2D eigenvalue weighted by atomic mass is 16.2. The van der Waals surface area contributed by atoms with Crippen molar-refractivity contribution in [1.82, 2.24) is 9.80 Å². The second-order valence-corrected chi connectivity index (χ2v) is 6.10. The van der Waals surface area contributed by atoms with E-state index in [-0.39, 0.29) is 0 Å². The molecule has 1 saturated heterocycles. The van der Waals surface area contributed by atoms with Crippen LogP contribution in [0.3, 0.4) is 0 Å². The van der Waals surface area contributed by atoms with Crippen molar-refractivity contribution < 1.29 is 4.79 Å². The lowest BCUT2D eigenvalue weighted by atomic mass is 9.94. The first-order chi connectivity index (χ1) is 9.24. The number of amides is 1. The number of hydrogen-bond acceptors (Lipinski definition) is 3. The van der Waals surface area contributed by atoms with Gasteiger partial charge >= 0.3 is 0 Å². The molecule has 2 aliphatic rings. The van der Waals surface area contributed by atoms with Crippen molar-refractivity contribution in [1.29, 1.82) is 0 Å². The van der Waals surface area contributed by atoms with E-state index < -0.39 is 0 Å². The molecule has 4 heteroatoms. The van der Waals surface area contributed by atoms with E-state index in [1.165, 1.54) is 32.1 Å². The van der Waals surface area contributed by atoms with Crippen molar-refractivity contribution in [3.8, 4) is 0 Å². The van der Waals surface area contributed by atoms with Crippen LogP contribution in [0, 0.1) is 5.92 Å². The van der Waals surface area contributed by atoms with E-state index >= 15 is 0 Å². The zero-order valence-electron chi connectivity index (χ0n) is 12.3. The second kappa shape index (κ2) is 7.25. The Hall–Kier alpha value is -0.610. The lowest BCUT2D eigenvalue weighted by Gasteiger charge is -2.34. The van der Waals surface area contributed by atoms with Gasteiger partial charge in [-0.1, -0.05) is 19.3 Å². The molecule has 4 nitrogen and oxygen atoms in total. The van der Waals surface area contributed by atoms with Crippen molar-refractivity contribution >= 4 is 5.91 Å². The number of nitrogens with zero attached hydrogens (tertiary/aromatic N) is 2. The summed E-state index contributed by atoms with van der Waals surface area (Å²) in [5.41, 5.74) is 5.71. The number of likely N-dealkylation sites (tertiary alicyclic amines) is 1. The monoisotopic (exact) mass is 267 g/mol. The minimum Gasteiger partial charge on any atom is -0.339 e. The third-order valence-electron chi connectivity index (χ3n) is 4.74. The van der Waals surface area contributed by atoms with Crippen LogP contribution in [0.2, 0.25) is 0 Å². The maximum Gasteiger partial charge on any atom is 0.236 e. The fourth-order valence-corrected chi connectivity index (χ4v) is 3.56. The fraction of sp³-hybridized carbons (Fsp3) is 0.933. The number of hydrogen-bond donors (Lipinski definition) is 1. The molecule has 1 aliphatic carbocycles. The zero-order valence-corrected chi connectivity index (χ0v) is 12.3. The summed E-state index contributed by atoms with van der Waals surface area (Å²) in [5, 5.41) is 0. The van der Waals surface area contributed by atoms with Gasteiger partial charge in [0.2, 0.25) is 5.91 Å². The van der Waals surface area contributed by atoms with Gasteiger partial charge in [-0.25, -0.2) is 0 Å². The molecule has 0 radical (unpaired) electrons. The fourth-order valence-electron chi connectivity index (χ4n) is 3.56. The van der Waals surface area contributed by atoms with Crippen molar-refractivity contribution in [2.45, 2.75) is 51.5 Å². The molecule has 1 heterocycles. The molecule has 0 aromatic heterocycles. The predicted molar refractivity (Wildman–Crippen MR) is 77.9 cm³/mol. The van der Waals surface area contributed by atoms with E-state index in [2.05, 4.69) is 16.7 Å². The Labute approximate surface area is 117 Å². The summed E-state index contributed by atoms with van der Waals surface area (Å²) in [6.45, 7) is 6.36.